The third-order valence-corrected chi connectivity index (χ3v) is 5.17. The molecule has 1 heterocycles. The van der Waals surface area contributed by atoms with Crippen molar-refractivity contribution < 1.29 is 19.3 Å². The van der Waals surface area contributed by atoms with E-state index in [4.69, 9.17) is 0 Å². The van der Waals surface area contributed by atoms with Crippen LogP contribution in [0.4, 0.5) is 5.69 Å². The van der Waals surface area contributed by atoms with Crippen LogP contribution in [0.2, 0.25) is 0 Å². The second-order valence-corrected chi connectivity index (χ2v) is 6.92. The van der Waals surface area contributed by atoms with Gasteiger partial charge in [0, 0.05) is 65.1 Å². The van der Waals surface area contributed by atoms with Crippen LogP contribution in [-0.4, -0.2) is 70.6 Å². The predicted octanol–water partition coefficient (Wildman–Crippen LogP) is 1.59. The Kier molecular flexibility index (Phi) is 7.08. The van der Waals surface area contributed by atoms with Crippen LogP contribution in [0.5, 0.6) is 0 Å². The number of carbonyl (C=O) groups excluding carboxylic acids is 3. The fourth-order valence-corrected chi connectivity index (χ4v) is 3.16. The van der Waals surface area contributed by atoms with Crippen LogP contribution in [-0.2, 0) is 14.4 Å². The molecule has 0 aliphatic carbocycles. The van der Waals surface area contributed by atoms with Crippen molar-refractivity contribution in [1.29, 1.82) is 0 Å². The van der Waals surface area contributed by atoms with Crippen molar-refractivity contribution in [2.24, 2.45) is 0 Å². The van der Waals surface area contributed by atoms with Crippen LogP contribution in [0.25, 0.3) is 0 Å². The second kappa shape index (κ2) is 9.29. The summed E-state index contributed by atoms with van der Waals surface area (Å²) in [5, 5.41) is 10.9. The van der Waals surface area contributed by atoms with E-state index in [1.807, 2.05) is 0 Å². The number of nitro groups is 1. The maximum absolute atomic E-state index is 12.5. The Bertz CT molecular complexity index is 758. The van der Waals surface area contributed by atoms with Gasteiger partial charge in [0.1, 0.15) is 0 Å². The van der Waals surface area contributed by atoms with Gasteiger partial charge in [-0.25, -0.2) is 0 Å². The van der Waals surface area contributed by atoms with Crippen LogP contribution in [0.3, 0.4) is 0 Å². The predicted molar refractivity (Wildman–Crippen MR) is 102 cm³/mol. The Hall–Kier alpha value is -2.97. The standard InChI is InChI=1S/C19H26N4O5/c1-14(16-5-4-6-17(13-16)23(27)28)20(3)18(25)7-8-19(26)22-11-9-21(10-12-22)15(2)24/h4-6,13-14H,7-12H2,1-3H3/t14-/m0/s1. The summed E-state index contributed by atoms with van der Waals surface area (Å²) in [6.07, 6.45) is 0.173. The van der Waals surface area contributed by atoms with E-state index < -0.39 is 4.92 Å². The van der Waals surface area contributed by atoms with E-state index in [-0.39, 0.29) is 42.3 Å². The van der Waals surface area contributed by atoms with Gasteiger partial charge in [-0.1, -0.05) is 12.1 Å². The number of hydrogen-bond donors (Lipinski definition) is 0. The first-order valence-corrected chi connectivity index (χ1v) is 9.24. The summed E-state index contributed by atoms with van der Waals surface area (Å²) in [7, 11) is 1.63. The highest BCUT2D eigenvalue weighted by Gasteiger charge is 2.24. The van der Waals surface area contributed by atoms with Gasteiger partial charge in [-0.05, 0) is 12.5 Å². The van der Waals surface area contributed by atoms with E-state index >= 15 is 0 Å². The topological polar surface area (TPSA) is 104 Å². The zero-order chi connectivity index (χ0) is 20.8. The number of carbonyl (C=O) groups is 3. The lowest BCUT2D eigenvalue weighted by Gasteiger charge is -2.34. The largest absolute Gasteiger partial charge is 0.339 e. The minimum Gasteiger partial charge on any atom is -0.339 e. The third-order valence-electron chi connectivity index (χ3n) is 5.17. The average molecular weight is 390 g/mol. The molecule has 2 rings (SSSR count). The highest BCUT2D eigenvalue weighted by molar-refractivity contribution is 5.84. The number of benzene rings is 1. The first-order valence-electron chi connectivity index (χ1n) is 9.24. The number of piperazine rings is 1. The van der Waals surface area contributed by atoms with Gasteiger partial charge >= 0.3 is 0 Å². The van der Waals surface area contributed by atoms with E-state index in [9.17, 15) is 24.5 Å². The van der Waals surface area contributed by atoms with Crippen molar-refractivity contribution in [2.45, 2.75) is 32.7 Å². The van der Waals surface area contributed by atoms with E-state index in [0.717, 1.165) is 0 Å². The van der Waals surface area contributed by atoms with E-state index in [0.29, 0.717) is 31.7 Å². The average Bonchev–Trinajstić information content (AvgIpc) is 2.70. The van der Waals surface area contributed by atoms with Crippen LogP contribution in [0.15, 0.2) is 24.3 Å². The second-order valence-electron chi connectivity index (χ2n) is 6.92. The lowest BCUT2D eigenvalue weighted by Crippen LogP contribution is -2.50. The smallest absolute Gasteiger partial charge is 0.269 e. The number of nitrogens with zero attached hydrogens (tertiary/aromatic N) is 4. The lowest BCUT2D eigenvalue weighted by atomic mass is 10.1. The summed E-state index contributed by atoms with van der Waals surface area (Å²) in [5.41, 5.74) is 0.641. The van der Waals surface area contributed by atoms with E-state index in [2.05, 4.69) is 0 Å². The molecule has 9 heteroatoms. The normalized spacial score (nSPS) is 15.1. The molecule has 0 spiro atoms. The highest BCUT2D eigenvalue weighted by Crippen LogP contribution is 2.23. The van der Waals surface area contributed by atoms with Gasteiger partial charge in [-0.15, -0.1) is 0 Å². The first-order chi connectivity index (χ1) is 13.2. The maximum Gasteiger partial charge on any atom is 0.269 e. The molecule has 0 N–H and O–H groups in total. The molecule has 1 aromatic carbocycles. The number of rotatable bonds is 6. The Morgan fingerprint density at radius 1 is 1.14 bits per heavy atom. The van der Waals surface area contributed by atoms with Gasteiger partial charge in [0.2, 0.25) is 17.7 Å². The molecule has 9 nitrogen and oxygen atoms in total. The molecule has 1 aliphatic rings. The molecule has 0 bridgehead atoms. The van der Waals surface area contributed by atoms with Crippen molar-refractivity contribution in [3.05, 3.63) is 39.9 Å². The molecule has 1 aliphatic heterocycles. The minimum atomic E-state index is -0.470. The quantitative estimate of drug-likeness (QED) is 0.542. The fraction of sp³-hybridized carbons (Fsp3) is 0.526. The van der Waals surface area contributed by atoms with E-state index in [1.165, 1.54) is 24.0 Å². The molecule has 0 unspecified atom stereocenters. The summed E-state index contributed by atoms with van der Waals surface area (Å²) >= 11 is 0. The Labute approximate surface area is 164 Å². The molecular formula is C19H26N4O5. The molecule has 1 aromatic rings. The minimum absolute atomic E-state index is 0.000891. The van der Waals surface area contributed by atoms with Gasteiger partial charge < -0.3 is 14.7 Å². The van der Waals surface area contributed by atoms with Crippen molar-refractivity contribution in [3.63, 3.8) is 0 Å². The van der Waals surface area contributed by atoms with Gasteiger partial charge in [0.25, 0.3) is 5.69 Å². The molecule has 3 amide bonds. The molecule has 28 heavy (non-hydrogen) atoms. The van der Waals surface area contributed by atoms with Crippen LogP contribution >= 0.6 is 0 Å². The van der Waals surface area contributed by atoms with Gasteiger partial charge in [0.15, 0.2) is 0 Å². The summed E-state index contributed by atoms with van der Waals surface area (Å²) in [4.78, 5) is 51.5. The van der Waals surface area contributed by atoms with E-state index in [1.54, 1.807) is 35.9 Å². The number of amides is 3. The lowest BCUT2D eigenvalue weighted by molar-refractivity contribution is -0.384. The zero-order valence-corrected chi connectivity index (χ0v) is 16.5. The number of nitro benzene ring substituents is 1. The Balaban J connectivity index is 1.86. The van der Waals surface area contributed by atoms with Crippen molar-refractivity contribution in [2.75, 3.05) is 33.2 Å². The molecule has 1 atom stereocenters. The molecule has 152 valence electrons. The summed E-state index contributed by atoms with van der Waals surface area (Å²) < 4.78 is 0. The van der Waals surface area contributed by atoms with Crippen molar-refractivity contribution in [3.8, 4) is 0 Å². The first kappa shape index (κ1) is 21.3. The number of hydrogen-bond acceptors (Lipinski definition) is 5. The van der Waals surface area contributed by atoms with Crippen molar-refractivity contribution >= 4 is 23.4 Å². The molecule has 0 radical (unpaired) electrons. The Morgan fingerprint density at radius 2 is 1.75 bits per heavy atom. The van der Waals surface area contributed by atoms with Gasteiger partial charge in [-0.2, -0.15) is 0 Å². The van der Waals surface area contributed by atoms with Crippen LogP contribution in [0, 0.1) is 10.1 Å². The monoisotopic (exact) mass is 390 g/mol. The van der Waals surface area contributed by atoms with Gasteiger partial charge in [-0.3, -0.25) is 24.5 Å². The van der Waals surface area contributed by atoms with Crippen LogP contribution < -0.4 is 0 Å². The summed E-state index contributed by atoms with van der Waals surface area (Å²) in [6.45, 7) is 5.28. The summed E-state index contributed by atoms with van der Waals surface area (Å²) in [6, 6.07) is 5.84. The Morgan fingerprint density at radius 3 is 2.32 bits per heavy atom. The zero-order valence-electron chi connectivity index (χ0n) is 16.5. The fourth-order valence-electron chi connectivity index (χ4n) is 3.16. The molecule has 1 fully saturated rings. The third kappa shape index (κ3) is 5.28. The summed E-state index contributed by atoms with van der Waals surface area (Å²) in [5.74, 6) is -0.304. The maximum atomic E-state index is 12.5. The van der Waals surface area contributed by atoms with Crippen molar-refractivity contribution in [1.82, 2.24) is 14.7 Å². The molecule has 0 saturated carbocycles. The molecule has 0 aromatic heterocycles. The van der Waals surface area contributed by atoms with Gasteiger partial charge in [0.05, 0.1) is 11.0 Å². The van der Waals surface area contributed by atoms with Crippen LogP contribution in [0.1, 0.15) is 38.3 Å². The number of non-ortho nitro benzene ring substituents is 1. The molecular weight excluding hydrogens is 364 g/mol. The SMILES string of the molecule is CC(=O)N1CCN(C(=O)CCC(=O)N(C)[C@@H](C)c2cccc([N+](=O)[O-])c2)CC1. The highest BCUT2D eigenvalue weighted by atomic mass is 16.6. The molecule has 1 saturated heterocycles.